The van der Waals surface area contributed by atoms with Crippen LogP contribution in [0.5, 0.6) is 0 Å². The van der Waals surface area contributed by atoms with E-state index < -0.39 is 24.3 Å². The van der Waals surface area contributed by atoms with Crippen LogP contribution in [0.3, 0.4) is 0 Å². The van der Waals surface area contributed by atoms with Crippen LogP contribution < -0.4 is 0 Å². The van der Waals surface area contributed by atoms with E-state index in [-0.39, 0.29) is 35.8 Å². The first-order valence-corrected chi connectivity index (χ1v) is 9.14. The lowest BCUT2D eigenvalue weighted by atomic mass is 10.1. The van der Waals surface area contributed by atoms with Gasteiger partial charge in [-0.3, -0.25) is 14.4 Å². The normalized spacial score (nSPS) is 10.4. The number of nitrogens with zero attached hydrogens (tertiary/aromatic N) is 1. The van der Waals surface area contributed by atoms with Crippen molar-refractivity contribution in [2.45, 2.75) is 19.4 Å². The first-order valence-electron chi connectivity index (χ1n) is 8.39. The SMILES string of the molecule is CN(Cc1c(F)cccc1Cl)C(=O)COC(=O)CCC(=O)c1ccc(Cl)cc1. The molecule has 0 bridgehead atoms. The standard InChI is InChI=1S/C20H18Cl2FNO4/c1-24(11-15-16(22)3-2-4-17(15)23)19(26)12-28-20(27)10-9-18(25)13-5-7-14(21)8-6-13/h2-8H,9-12H2,1H3. The van der Waals surface area contributed by atoms with Crippen LogP contribution in [-0.2, 0) is 20.9 Å². The van der Waals surface area contributed by atoms with Gasteiger partial charge in [0.1, 0.15) is 5.82 Å². The average Bonchev–Trinajstić information content (AvgIpc) is 2.67. The van der Waals surface area contributed by atoms with Gasteiger partial charge in [0, 0.05) is 41.2 Å². The second-order valence-corrected chi connectivity index (χ2v) is 6.88. The fraction of sp³-hybridized carbons (Fsp3) is 0.250. The van der Waals surface area contributed by atoms with Gasteiger partial charge in [-0.2, -0.15) is 0 Å². The molecule has 0 heterocycles. The molecule has 0 unspecified atom stereocenters. The third-order valence-corrected chi connectivity index (χ3v) is 4.57. The van der Waals surface area contributed by atoms with Crippen molar-refractivity contribution in [2.75, 3.05) is 13.7 Å². The molecule has 0 fully saturated rings. The molecule has 0 radical (unpaired) electrons. The largest absolute Gasteiger partial charge is 0.456 e. The van der Waals surface area contributed by atoms with Crippen LogP contribution >= 0.6 is 23.2 Å². The highest BCUT2D eigenvalue weighted by molar-refractivity contribution is 6.31. The summed E-state index contributed by atoms with van der Waals surface area (Å²) in [7, 11) is 1.45. The molecule has 5 nitrogen and oxygen atoms in total. The molecule has 0 aromatic heterocycles. The predicted molar refractivity (Wildman–Crippen MR) is 104 cm³/mol. The third-order valence-electron chi connectivity index (χ3n) is 3.96. The average molecular weight is 426 g/mol. The van der Waals surface area contributed by atoms with E-state index in [9.17, 15) is 18.8 Å². The molecule has 0 aliphatic heterocycles. The lowest BCUT2D eigenvalue weighted by Crippen LogP contribution is -2.31. The summed E-state index contributed by atoms with van der Waals surface area (Å²) >= 11 is 11.7. The summed E-state index contributed by atoms with van der Waals surface area (Å²) in [5, 5.41) is 0.715. The minimum Gasteiger partial charge on any atom is -0.456 e. The Hall–Kier alpha value is -2.44. The highest BCUT2D eigenvalue weighted by atomic mass is 35.5. The van der Waals surface area contributed by atoms with Crippen LogP contribution in [0.1, 0.15) is 28.8 Å². The van der Waals surface area contributed by atoms with E-state index in [0.29, 0.717) is 10.6 Å². The molecule has 0 saturated carbocycles. The number of halogens is 3. The van der Waals surface area contributed by atoms with E-state index >= 15 is 0 Å². The molecule has 0 aliphatic rings. The summed E-state index contributed by atoms with van der Waals surface area (Å²) in [5.41, 5.74) is 0.620. The van der Waals surface area contributed by atoms with Crippen LogP contribution in [0.25, 0.3) is 0 Å². The topological polar surface area (TPSA) is 63.7 Å². The maximum atomic E-state index is 13.8. The van der Waals surface area contributed by atoms with Gasteiger partial charge in [-0.1, -0.05) is 29.3 Å². The highest BCUT2D eigenvalue weighted by Gasteiger charge is 2.17. The van der Waals surface area contributed by atoms with E-state index in [1.54, 1.807) is 24.3 Å². The van der Waals surface area contributed by atoms with Crippen LogP contribution in [0.15, 0.2) is 42.5 Å². The predicted octanol–water partition coefficient (Wildman–Crippen LogP) is 4.30. The summed E-state index contributed by atoms with van der Waals surface area (Å²) < 4.78 is 18.7. The quantitative estimate of drug-likeness (QED) is 0.467. The Labute approximate surface area is 172 Å². The van der Waals surface area contributed by atoms with Gasteiger partial charge < -0.3 is 9.64 Å². The van der Waals surface area contributed by atoms with E-state index in [0.717, 1.165) is 0 Å². The van der Waals surface area contributed by atoms with Crippen molar-refractivity contribution in [3.8, 4) is 0 Å². The fourth-order valence-electron chi connectivity index (χ4n) is 2.33. The van der Waals surface area contributed by atoms with Crippen molar-refractivity contribution in [3.63, 3.8) is 0 Å². The molecule has 0 spiro atoms. The maximum absolute atomic E-state index is 13.8. The van der Waals surface area contributed by atoms with Gasteiger partial charge in [0.15, 0.2) is 12.4 Å². The Bertz CT molecular complexity index is 851. The van der Waals surface area contributed by atoms with Crippen molar-refractivity contribution in [2.24, 2.45) is 0 Å². The molecular weight excluding hydrogens is 408 g/mol. The van der Waals surface area contributed by atoms with Crippen LogP contribution in [0.4, 0.5) is 4.39 Å². The number of rotatable bonds is 8. The second-order valence-electron chi connectivity index (χ2n) is 6.04. The molecular formula is C20H18Cl2FNO4. The van der Waals surface area contributed by atoms with Crippen LogP contribution in [0, 0.1) is 5.82 Å². The molecule has 148 valence electrons. The molecule has 0 aliphatic carbocycles. The first-order chi connectivity index (χ1) is 13.3. The van der Waals surface area contributed by atoms with Gasteiger partial charge >= 0.3 is 5.97 Å². The first kappa shape index (κ1) is 21.9. The van der Waals surface area contributed by atoms with Crippen molar-refractivity contribution in [1.82, 2.24) is 4.90 Å². The number of Topliss-reactive ketones (excluding diaryl/α,β-unsaturated/α-hetero) is 1. The van der Waals surface area contributed by atoms with E-state index in [1.807, 2.05) is 0 Å². The zero-order chi connectivity index (χ0) is 20.7. The highest BCUT2D eigenvalue weighted by Crippen LogP contribution is 2.20. The zero-order valence-electron chi connectivity index (χ0n) is 15.1. The summed E-state index contributed by atoms with van der Waals surface area (Å²) in [6.07, 6.45) is -0.201. The minimum absolute atomic E-state index is 0.0463. The lowest BCUT2D eigenvalue weighted by Gasteiger charge is -2.18. The van der Waals surface area contributed by atoms with Crippen LogP contribution in [0.2, 0.25) is 10.0 Å². The van der Waals surface area contributed by atoms with Gasteiger partial charge in [0.25, 0.3) is 5.91 Å². The number of amides is 1. The summed E-state index contributed by atoms with van der Waals surface area (Å²) in [6.45, 7) is -0.562. The van der Waals surface area contributed by atoms with Gasteiger partial charge in [-0.15, -0.1) is 0 Å². The zero-order valence-corrected chi connectivity index (χ0v) is 16.6. The molecule has 0 atom stereocenters. The Morgan fingerprint density at radius 1 is 1.04 bits per heavy atom. The van der Waals surface area contributed by atoms with Gasteiger partial charge in [-0.25, -0.2) is 4.39 Å². The molecule has 28 heavy (non-hydrogen) atoms. The Morgan fingerprint density at radius 3 is 2.36 bits per heavy atom. The van der Waals surface area contributed by atoms with Gasteiger partial charge in [0.05, 0.1) is 6.42 Å². The second kappa shape index (κ2) is 10.2. The van der Waals surface area contributed by atoms with E-state index in [1.165, 1.54) is 30.1 Å². The minimum atomic E-state index is -0.673. The molecule has 2 aromatic rings. The molecule has 0 N–H and O–H groups in total. The summed E-state index contributed by atoms with van der Waals surface area (Å²) in [6, 6.07) is 10.6. The number of ketones is 1. The molecule has 0 saturated heterocycles. The van der Waals surface area contributed by atoms with Crippen molar-refractivity contribution in [3.05, 3.63) is 69.5 Å². The Balaban J connectivity index is 1.77. The number of hydrogen-bond acceptors (Lipinski definition) is 4. The fourth-order valence-corrected chi connectivity index (χ4v) is 2.68. The number of hydrogen-bond donors (Lipinski definition) is 0. The monoisotopic (exact) mass is 425 g/mol. The Kier molecular flexibility index (Phi) is 7.96. The molecule has 2 rings (SSSR count). The third kappa shape index (κ3) is 6.32. The smallest absolute Gasteiger partial charge is 0.306 e. The number of carbonyl (C=O) groups is 3. The Morgan fingerprint density at radius 2 is 1.71 bits per heavy atom. The van der Waals surface area contributed by atoms with E-state index in [2.05, 4.69) is 0 Å². The molecule has 8 heteroatoms. The van der Waals surface area contributed by atoms with E-state index in [4.69, 9.17) is 27.9 Å². The number of esters is 1. The number of likely N-dealkylation sites (N-methyl/N-ethyl adjacent to an activating group) is 1. The van der Waals surface area contributed by atoms with Crippen LogP contribution in [-0.4, -0.2) is 36.2 Å². The number of ether oxygens (including phenoxy) is 1. The van der Waals surface area contributed by atoms with Crippen molar-refractivity contribution >= 4 is 40.9 Å². The molecule has 1 amide bonds. The van der Waals surface area contributed by atoms with Crippen molar-refractivity contribution < 1.29 is 23.5 Å². The summed E-state index contributed by atoms with van der Waals surface area (Å²) in [5.74, 6) is -1.94. The van der Waals surface area contributed by atoms with Gasteiger partial charge in [0.2, 0.25) is 0 Å². The lowest BCUT2D eigenvalue weighted by molar-refractivity contribution is -0.151. The number of benzene rings is 2. The summed E-state index contributed by atoms with van der Waals surface area (Å²) in [4.78, 5) is 37.1. The molecule has 2 aromatic carbocycles. The maximum Gasteiger partial charge on any atom is 0.306 e. The van der Waals surface area contributed by atoms with Crippen molar-refractivity contribution in [1.29, 1.82) is 0 Å². The number of carbonyl (C=O) groups excluding carboxylic acids is 3. The van der Waals surface area contributed by atoms with Gasteiger partial charge in [-0.05, 0) is 36.4 Å².